The van der Waals surface area contributed by atoms with Gasteiger partial charge in [0, 0.05) is 11.1 Å². The van der Waals surface area contributed by atoms with E-state index in [0.29, 0.717) is 0 Å². The first-order valence-electron chi connectivity index (χ1n) is 10.1. The maximum atomic E-state index is 12.6. The van der Waals surface area contributed by atoms with Crippen LogP contribution in [0.25, 0.3) is 6.08 Å². The summed E-state index contributed by atoms with van der Waals surface area (Å²) in [7, 11) is -1.78. The van der Waals surface area contributed by atoms with Crippen molar-refractivity contribution in [2.45, 2.75) is 66.2 Å². The number of hydrogen-bond acceptors (Lipinski definition) is 5. The number of methoxy groups -OCH3 is 1. The van der Waals surface area contributed by atoms with E-state index in [1.54, 1.807) is 27.0 Å². The topological polar surface area (TPSA) is 61.8 Å². The Morgan fingerprint density at radius 1 is 1.00 bits per heavy atom. The molecule has 0 radical (unpaired) electrons. The van der Waals surface area contributed by atoms with Crippen molar-refractivity contribution in [1.29, 1.82) is 0 Å². The summed E-state index contributed by atoms with van der Waals surface area (Å²) in [5.74, 6) is 0.433. The molecule has 0 bridgehead atoms. The highest BCUT2D eigenvalue weighted by atomic mass is 31.2. The smallest absolute Gasteiger partial charge is 0.338 e. The number of hydrogen-bond donors (Lipinski definition) is 0. The third kappa shape index (κ3) is 7.40. The first kappa shape index (κ1) is 25.6. The van der Waals surface area contributed by atoms with Gasteiger partial charge in [-0.25, -0.2) is 0 Å². The zero-order valence-corrected chi connectivity index (χ0v) is 20.3. The van der Waals surface area contributed by atoms with Gasteiger partial charge in [-0.1, -0.05) is 47.6 Å². The summed E-state index contributed by atoms with van der Waals surface area (Å²) in [6.45, 7) is 16.8. The van der Waals surface area contributed by atoms with Gasteiger partial charge < -0.3 is 13.8 Å². The molecule has 1 aromatic carbocycles. The second-order valence-corrected chi connectivity index (χ2v) is 11.1. The van der Waals surface area contributed by atoms with Crippen molar-refractivity contribution >= 4 is 19.5 Å². The second kappa shape index (κ2) is 10.1. The lowest BCUT2D eigenvalue weighted by atomic mass is 9.79. The van der Waals surface area contributed by atoms with Crippen LogP contribution in [0.3, 0.4) is 0 Å². The van der Waals surface area contributed by atoms with E-state index in [1.165, 1.54) is 6.08 Å². The van der Waals surface area contributed by atoms with Gasteiger partial charge in [0.25, 0.3) is 0 Å². The summed E-state index contributed by atoms with van der Waals surface area (Å²) in [6.07, 6.45) is 2.88. The average molecular weight is 425 g/mol. The number of allylic oxidation sites excluding steroid dienone is 1. The fraction of sp³-hybridized carbons (Fsp3) is 0.609. The summed E-state index contributed by atoms with van der Waals surface area (Å²) >= 11 is 0. The van der Waals surface area contributed by atoms with Gasteiger partial charge in [0.1, 0.15) is 11.9 Å². The van der Waals surface area contributed by atoms with E-state index < -0.39 is 7.60 Å². The summed E-state index contributed by atoms with van der Waals surface area (Å²) < 4.78 is 28.8. The van der Waals surface area contributed by atoms with E-state index in [-0.39, 0.29) is 36.0 Å². The van der Waals surface area contributed by atoms with Gasteiger partial charge in [-0.15, -0.1) is 0 Å². The van der Waals surface area contributed by atoms with Crippen LogP contribution in [-0.4, -0.2) is 32.3 Å². The SMILES string of the molecule is CCOP(=O)(CC(=O)C=Cc1cc(C(C)(C)C)cc(C(C)(C)C)c1OC)OCC. The highest BCUT2D eigenvalue weighted by molar-refractivity contribution is 7.54. The molecule has 0 saturated heterocycles. The molecule has 164 valence electrons. The van der Waals surface area contributed by atoms with Gasteiger partial charge in [-0.2, -0.15) is 0 Å². The second-order valence-electron chi connectivity index (χ2n) is 9.05. The molecular weight excluding hydrogens is 387 g/mol. The van der Waals surface area contributed by atoms with Crippen LogP contribution in [-0.2, 0) is 29.2 Å². The van der Waals surface area contributed by atoms with Crippen LogP contribution in [0.5, 0.6) is 5.75 Å². The summed E-state index contributed by atoms with van der Waals surface area (Å²) in [4.78, 5) is 12.5. The molecule has 0 heterocycles. The van der Waals surface area contributed by atoms with Crippen molar-refractivity contribution in [2.24, 2.45) is 0 Å². The van der Waals surface area contributed by atoms with E-state index in [0.717, 1.165) is 22.4 Å². The lowest BCUT2D eigenvalue weighted by Gasteiger charge is -2.28. The predicted octanol–water partition coefficient (Wildman–Crippen LogP) is 6.14. The first-order chi connectivity index (χ1) is 13.3. The third-order valence-electron chi connectivity index (χ3n) is 4.45. The lowest BCUT2D eigenvalue weighted by Crippen LogP contribution is -2.18. The zero-order chi connectivity index (χ0) is 22.5. The fourth-order valence-electron chi connectivity index (χ4n) is 2.94. The van der Waals surface area contributed by atoms with Gasteiger partial charge in [0.2, 0.25) is 0 Å². The Hall–Kier alpha value is -1.42. The Morgan fingerprint density at radius 3 is 1.97 bits per heavy atom. The molecule has 29 heavy (non-hydrogen) atoms. The zero-order valence-electron chi connectivity index (χ0n) is 19.4. The highest BCUT2D eigenvalue weighted by Crippen LogP contribution is 2.48. The van der Waals surface area contributed by atoms with Gasteiger partial charge in [-0.05, 0) is 48.5 Å². The van der Waals surface area contributed by atoms with E-state index in [2.05, 4.69) is 47.6 Å². The van der Waals surface area contributed by atoms with Crippen LogP contribution in [0.15, 0.2) is 18.2 Å². The Labute approximate surface area is 176 Å². The molecule has 6 heteroatoms. The number of ketones is 1. The van der Waals surface area contributed by atoms with Crippen LogP contribution < -0.4 is 4.74 Å². The highest BCUT2D eigenvalue weighted by Gasteiger charge is 2.27. The Bertz CT molecular complexity index is 772. The third-order valence-corrected chi connectivity index (χ3v) is 6.45. The molecule has 0 aliphatic heterocycles. The van der Waals surface area contributed by atoms with Crippen molar-refractivity contribution in [3.8, 4) is 5.75 Å². The molecular formula is C23H37O5P. The minimum absolute atomic E-state index is 0.0570. The maximum absolute atomic E-state index is 12.6. The van der Waals surface area contributed by atoms with E-state index >= 15 is 0 Å². The van der Waals surface area contributed by atoms with Crippen LogP contribution in [0.1, 0.15) is 72.1 Å². The van der Waals surface area contributed by atoms with Gasteiger partial charge in [0.15, 0.2) is 5.78 Å². The molecule has 0 aliphatic carbocycles. The van der Waals surface area contributed by atoms with Crippen molar-refractivity contribution in [3.05, 3.63) is 34.9 Å². The minimum Gasteiger partial charge on any atom is -0.496 e. The van der Waals surface area contributed by atoms with Crippen molar-refractivity contribution < 1.29 is 23.1 Å². The van der Waals surface area contributed by atoms with Crippen LogP contribution >= 0.6 is 7.60 Å². The molecule has 0 fully saturated rings. The normalized spacial score (nSPS) is 13.1. The van der Waals surface area contributed by atoms with Gasteiger partial charge >= 0.3 is 7.60 Å². The standard InChI is InChI=1S/C23H37O5P/c1-10-27-29(25,28-11-2)16-19(24)13-12-17-14-18(22(3,4)5)15-20(21(17)26-9)23(6,7)8/h12-15H,10-11,16H2,1-9H3. The monoisotopic (exact) mass is 424 g/mol. The molecule has 0 N–H and O–H groups in total. The first-order valence-corrected chi connectivity index (χ1v) is 11.8. The van der Waals surface area contributed by atoms with E-state index in [4.69, 9.17) is 13.8 Å². The van der Waals surface area contributed by atoms with Crippen molar-refractivity contribution in [2.75, 3.05) is 26.5 Å². The van der Waals surface area contributed by atoms with Crippen molar-refractivity contribution in [1.82, 2.24) is 0 Å². The number of carbonyl (C=O) groups excluding carboxylic acids is 1. The molecule has 0 unspecified atom stereocenters. The largest absolute Gasteiger partial charge is 0.496 e. The molecule has 0 amide bonds. The fourth-order valence-corrected chi connectivity index (χ4v) is 4.47. The lowest BCUT2D eigenvalue weighted by molar-refractivity contribution is -0.112. The van der Waals surface area contributed by atoms with E-state index in [1.807, 2.05) is 6.07 Å². The van der Waals surface area contributed by atoms with Gasteiger partial charge in [-0.3, -0.25) is 9.36 Å². The number of carbonyl (C=O) groups is 1. The molecule has 1 aromatic rings. The quantitative estimate of drug-likeness (QED) is 0.352. The van der Waals surface area contributed by atoms with E-state index in [9.17, 15) is 9.36 Å². The number of ether oxygens (including phenoxy) is 1. The summed E-state index contributed by atoms with van der Waals surface area (Å²) in [5.41, 5.74) is 2.87. The molecule has 0 aromatic heterocycles. The maximum Gasteiger partial charge on any atom is 0.338 e. The molecule has 5 nitrogen and oxygen atoms in total. The Balaban J connectivity index is 3.35. The van der Waals surface area contributed by atoms with Gasteiger partial charge in [0.05, 0.1) is 20.3 Å². The molecule has 0 atom stereocenters. The summed E-state index contributed by atoms with van der Waals surface area (Å²) in [5, 5.41) is 0. The van der Waals surface area contributed by atoms with Crippen LogP contribution in [0.4, 0.5) is 0 Å². The Kier molecular flexibility index (Phi) is 8.89. The van der Waals surface area contributed by atoms with Crippen LogP contribution in [0, 0.1) is 0 Å². The number of rotatable bonds is 9. The predicted molar refractivity (Wildman–Crippen MR) is 120 cm³/mol. The minimum atomic E-state index is -3.42. The number of benzene rings is 1. The Morgan fingerprint density at radius 2 is 1.55 bits per heavy atom. The molecule has 0 saturated carbocycles. The summed E-state index contributed by atoms with van der Waals surface area (Å²) in [6, 6.07) is 4.22. The van der Waals surface area contributed by atoms with Crippen molar-refractivity contribution in [3.63, 3.8) is 0 Å². The van der Waals surface area contributed by atoms with Crippen LogP contribution in [0.2, 0.25) is 0 Å². The molecule has 0 aliphatic rings. The molecule has 1 rings (SSSR count). The molecule has 0 spiro atoms. The average Bonchev–Trinajstić information content (AvgIpc) is 2.57.